The van der Waals surface area contributed by atoms with Gasteiger partial charge in [-0.3, -0.25) is 0 Å². The Morgan fingerprint density at radius 3 is 2.75 bits per heavy atom. The Morgan fingerprint density at radius 1 is 1.44 bits per heavy atom. The van der Waals surface area contributed by atoms with Crippen molar-refractivity contribution in [3.8, 4) is 5.75 Å². The number of hydrogen-bond donors (Lipinski definition) is 1. The second kappa shape index (κ2) is 6.81. The Bertz CT molecular complexity index is 326. The molecule has 0 aromatic heterocycles. The maximum absolute atomic E-state index is 10.0. The van der Waals surface area contributed by atoms with E-state index < -0.39 is 0 Å². The molecule has 0 spiro atoms. The summed E-state index contributed by atoms with van der Waals surface area (Å²) in [5.41, 5.74) is 2.09. The molecule has 0 radical (unpaired) electrons. The lowest BCUT2D eigenvalue weighted by atomic mass is 10.0. The van der Waals surface area contributed by atoms with E-state index >= 15 is 0 Å². The summed E-state index contributed by atoms with van der Waals surface area (Å²) in [4.78, 5) is 0. The van der Waals surface area contributed by atoms with E-state index in [1.165, 1.54) is 0 Å². The van der Waals surface area contributed by atoms with Crippen molar-refractivity contribution in [2.24, 2.45) is 0 Å². The standard InChI is InChI=1S/C13H20O2S/c1-4-7-16-9-13(14)12-6-5-11(15-3)8-10(12)2/h5-6,8,13-14H,4,7,9H2,1-3H3. The van der Waals surface area contributed by atoms with Crippen LogP contribution in [-0.4, -0.2) is 23.7 Å². The molecule has 0 bridgehead atoms. The Kier molecular flexibility index (Phi) is 5.71. The number of thioether (sulfide) groups is 1. The molecule has 2 nitrogen and oxygen atoms in total. The fraction of sp³-hybridized carbons (Fsp3) is 0.538. The van der Waals surface area contributed by atoms with Crippen LogP contribution in [0.3, 0.4) is 0 Å². The second-order valence-electron chi connectivity index (χ2n) is 3.81. The molecule has 0 amide bonds. The lowest BCUT2D eigenvalue weighted by Crippen LogP contribution is -2.03. The maximum atomic E-state index is 10.0. The van der Waals surface area contributed by atoms with Crippen LogP contribution in [0.25, 0.3) is 0 Å². The Balaban J connectivity index is 2.64. The molecule has 1 N–H and O–H groups in total. The van der Waals surface area contributed by atoms with Gasteiger partial charge in [0.25, 0.3) is 0 Å². The van der Waals surface area contributed by atoms with Gasteiger partial charge in [0.05, 0.1) is 13.2 Å². The predicted octanol–water partition coefficient (Wildman–Crippen LogP) is 3.18. The molecule has 0 saturated carbocycles. The van der Waals surface area contributed by atoms with E-state index in [0.29, 0.717) is 0 Å². The smallest absolute Gasteiger partial charge is 0.119 e. The zero-order valence-corrected chi connectivity index (χ0v) is 11.0. The average molecular weight is 240 g/mol. The van der Waals surface area contributed by atoms with E-state index in [1.807, 2.05) is 25.1 Å². The molecule has 90 valence electrons. The first kappa shape index (κ1) is 13.4. The first-order valence-corrected chi connectivity index (χ1v) is 6.74. The molecule has 0 aliphatic rings. The molecule has 0 saturated heterocycles. The number of aliphatic hydroxyl groups excluding tert-OH is 1. The van der Waals surface area contributed by atoms with Gasteiger partial charge in [0.1, 0.15) is 5.75 Å². The van der Waals surface area contributed by atoms with Crippen LogP contribution in [0.4, 0.5) is 0 Å². The average Bonchev–Trinajstić information content (AvgIpc) is 2.29. The minimum absolute atomic E-state index is 0.373. The lowest BCUT2D eigenvalue weighted by Gasteiger charge is -2.14. The van der Waals surface area contributed by atoms with E-state index in [1.54, 1.807) is 18.9 Å². The van der Waals surface area contributed by atoms with Gasteiger partial charge in [-0.2, -0.15) is 11.8 Å². The Labute approximate surface area is 102 Å². The predicted molar refractivity (Wildman–Crippen MR) is 70.3 cm³/mol. The number of rotatable bonds is 6. The van der Waals surface area contributed by atoms with Gasteiger partial charge in [0.2, 0.25) is 0 Å². The van der Waals surface area contributed by atoms with Gasteiger partial charge in [-0.05, 0) is 42.4 Å². The van der Waals surface area contributed by atoms with E-state index in [9.17, 15) is 5.11 Å². The van der Waals surface area contributed by atoms with Gasteiger partial charge in [-0.1, -0.05) is 13.0 Å². The van der Waals surface area contributed by atoms with E-state index in [4.69, 9.17) is 4.74 Å². The van der Waals surface area contributed by atoms with Crippen LogP contribution in [0.2, 0.25) is 0 Å². The third kappa shape index (κ3) is 3.72. The highest BCUT2D eigenvalue weighted by Gasteiger charge is 2.10. The molecule has 1 rings (SSSR count). The van der Waals surface area contributed by atoms with Gasteiger partial charge in [0, 0.05) is 5.75 Å². The highest BCUT2D eigenvalue weighted by atomic mass is 32.2. The molecule has 0 heterocycles. The fourth-order valence-corrected chi connectivity index (χ4v) is 2.44. The number of benzene rings is 1. The number of aryl methyl sites for hydroxylation is 1. The molecule has 0 aliphatic carbocycles. The molecule has 0 aliphatic heterocycles. The van der Waals surface area contributed by atoms with Crippen molar-refractivity contribution >= 4 is 11.8 Å². The quantitative estimate of drug-likeness (QED) is 0.774. The van der Waals surface area contributed by atoms with Crippen molar-refractivity contribution in [2.75, 3.05) is 18.6 Å². The lowest BCUT2D eigenvalue weighted by molar-refractivity contribution is 0.203. The van der Waals surface area contributed by atoms with Crippen molar-refractivity contribution in [3.05, 3.63) is 29.3 Å². The molecule has 3 heteroatoms. The minimum atomic E-state index is -0.373. The number of aliphatic hydroxyl groups is 1. The normalized spacial score (nSPS) is 12.5. The molecule has 0 fully saturated rings. The fourth-order valence-electron chi connectivity index (χ4n) is 1.58. The van der Waals surface area contributed by atoms with Crippen LogP contribution in [-0.2, 0) is 0 Å². The van der Waals surface area contributed by atoms with Gasteiger partial charge in [-0.25, -0.2) is 0 Å². The van der Waals surface area contributed by atoms with E-state index in [2.05, 4.69) is 6.92 Å². The van der Waals surface area contributed by atoms with Crippen molar-refractivity contribution < 1.29 is 9.84 Å². The zero-order chi connectivity index (χ0) is 12.0. The van der Waals surface area contributed by atoms with Crippen molar-refractivity contribution in [2.45, 2.75) is 26.4 Å². The summed E-state index contributed by atoms with van der Waals surface area (Å²) in [6.45, 7) is 4.16. The SMILES string of the molecule is CCCSCC(O)c1ccc(OC)cc1C. The van der Waals surface area contributed by atoms with Crippen LogP contribution in [0.1, 0.15) is 30.6 Å². The number of ether oxygens (including phenoxy) is 1. The molecule has 1 aromatic carbocycles. The zero-order valence-electron chi connectivity index (χ0n) is 10.2. The van der Waals surface area contributed by atoms with Crippen molar-refractivity contribution in [1.82, 2.24) is 0 Å². The van der Waals surface area contributed by atoms with Crippen LogP contribution in [0.15, 0.2) is 18.2 Å². The first-order valence-electron chi connectivity index (χ1n) is 5.59. The second-order valence-corrected chi connectivity index (χ2v) is 4.96. The largest absolute Gasteiger partial charge is 0.497 e. The number of methoxy groups -OCH3 is 1. The first-order chi connectivity index (χ1) is 7.69. The molecule has 1 atom stereocenters. The van der Waals surface area contributed by atoms with E-state index in [-0.39, 0.29) is 6.10 Å². The summed E-state index contributed by atoms with van der Waals surface area (Å²) in [7, 11) is 1.65. The van der Waals surface area contributed by atoms with E-state index in [0.717, 1.165) is 34.8 Å². The van der Waals surface area contributed by atoms with Crippen molar-refractivity contribution in [1.29, 1.82) is 0 Å². The highest BCUT2D eigenvalue weighted by molar-refractivity contribution is 7.99. The molecule has 1 unspecified atom stereocenters. The summed E-state index contributed by atoms with van der Waals surface area (Å²) in [5, 5.41) is 10.0. The third-order valence-electron chi connectivity index (χ3n) is 2.46. The van der Waals surface area contributed by atoms with Crippen LogP contribution in [0.5, 0.6) is 5.75 Å². The number of hydrogen-bond acceptors (Lipinski definition) is 3. The van der Waals surface area contributed by atoms with Gasteiger partial charge < -0.3 is 9.84 Å². The summed E-state index contributed by atoms with van der Waals surface area (Å²) in [6, 6.07) is 5.81. The summed E-state index contributed by atoms with van der Waals surface area (Å²) in [5.74, 6) is 2.71. The van der Waals surface area contributed by atoms with Crippen LogP contribution >= 0.6 is 11.8 Å². The summed E-state index contributed by atoms with van der Waals surface area (Å²) < 4.78 is 5.14. The Morgan fingerprint density at radius 2 is 2.19 bits per heavy atom. The van der Waals surface area contributed by atoms with Crippen LogP contribution in [0, 0.1) is 6.92 Å². The van der Waals surface area contributed by atoms with Gasteiger partial charge in [-0.15, -0.1) is 0 Å². The molecule has 1 aromatic rings. The maximum Gasteiger partial charge on any atom is 0.119 e. The van der Waals surface area contributed by atoms with Crippen molar-refractivity contribution in [3.63, 3.8) is 0 Å². The molecular formula is C13H20O2S. The van der Waals surface area contributed by atoms with Gasteiger partial charge >= 0.3 is 0 Å². The molecular weight excluding hydrogens is 220 g/mol. The van der Waals surface area contributed by atoms with Gasteiger partial charge in [0.15, 0.2) is 0 Å². The highest BCUT2D eigenvalue weighted by Crippen LogP contribution is 2.25. The topological polar surface area (TPSA) is 29.5 Å². The van der Waals surface area contributed by atoms with Crippen LogP contribution < -0.4 is 4.74 Å². The summed E-state index contributed by atoms with van der Waals surface area (Å²) >= 11 is 1.79. The summed E-state index contributed by atoms with van der Waals surface area (Å²) in [6.07, 6.45) is 0.779. The minimum Gasteiger partial charge on any atom is -0.497 e. The monoisotopic (exact) mass is 240 g/mol. The Hall–Kier alpha value is -0.670. The molecule has 16 heavy (non-hydrogen) atoms. The third-order valence-corrected chi connectivity index (χ3v) is 3.71.